The molecule has 1 aliphatic rings. The fourth-order valence-corrected chi connectivity index (χ4v) is 3.65. The van der Waals surface area contributed by atoms with Crippen molar-refractivity contribution in [2.24, 2.45) is 0 Å². The summed E-state index contributed by atoms with van der Waals surface area (Å²) in [6.45, 7) is 4.12. The first-order valence-electron chi connectivity index (χ1n) is 9.16. The van der Waals surface area contributed by atoms with Crippen LogP contribution in [0.4, 0.5) is 5.82 Å². The van der Waals surface area contributed by atoms with E-state index < -0.39 is 0 Å². The van der Waals surface area contributed by atoms with Crippen molar-refractivity contribution < 1.29 is 4.74 Å². The van der Waals surface area contributed by atoms with Gasteiger partial charge in [0.25, 0.3) is 0 Å². The molecule has 1 aromatic heterocycles. The molecule has 1 aromatic carbocycles. The first kappa shape index (κ1) is 18.4. The lowest BCUT2D eigenvalue weighted by Crippen LogP contribution is -2.47. The van der Waals surface area contributed by atoms with Gasteiger partial charge in [0.05, 0.1) is 11.7 Å². The summed E-state index contributed by atoms with van der Waals surface area (Å²) in [5.41, 5.74) is 1.81. The number of nitrogens with one attached hydrogen (secondary N) is 1. The zero-order valence-electron chi connectivity index (χ0n) is 15.4. The summed E-state index contributed by atoms with van der Waals surface area (Å²) < 4.78 is 5.74. The molecule has 5 nitrogen and oxygen atoms in total. The highest BCUT2D eigenvalue weighted by atomic mass is 16.5. The van der Waals surface area contributed by atoms with E-state index in [9.17, 15) is 0 Å². The predicted molar refractivity (Wildman–Crippen MR) is 103 cm³/mol. The third kappa shape index (κ3) is 4.40. The van der Waals surface area contributed by atoms with Crippen LogP contribution < -0.4 is 10.2 Å². The largest absolute Gasteiger partial charge is 0.375 e. The van der Waals surface area contributed by atoms with Crippen LogP contribution in [-0.2, 0) is 4.74 Å². The zero-order valence-corrected chi connectivity index (χ0v) is 15.4. The standard InChI is InChI=1S/C21H26N4O/c1-16(21(26-2)18-6-4-3-5-7-18)24-19-10-12-25(13-11-19)20-9-8-17(14-22)15-23-20/h3-9,15-16,19,21,24H,10-13H2,1-2H3/t16-,21+/m1/s1. The summed E-state index contributed by atoms with van der Waals surface area (Å²) in [6, 6.07) is 17.0. The number of hydrogen-bond acceptors (Lipinski definition) is 5. The van der Waals surface area contributed by atoms with E-state index in [4.69, 9.17) is 10.00 Å². The van der Waals surface area contributed by atoms with Gasteiger partial charge in [0.2, 0.25) is 0 Å². The number of nitrogens with zero attached hydrogens (tertiary/aromatic N) is 3. The Kier molecular flexibility index (Phi) is 6.21. The van der Waals surface area contributed by atoms with Crippen molar-refractivity contribution in [3.05, 3.63) is 59.8 Å². The van der Waals surface area contributed by atoms with Crippen molar-refractivity contribution in [3.63, 3.8) is 0 Å². The molecule has 0 saturated carbocycles. The molecular formula is C21H26N4O. The molecule has 26 heavy (non-hydrogen) atoms. The minimum Gasteiger partial charge on any atom is -0.375 e. The van der Waals surface area contributed by atoms with Gasteiger partial charge in [0.15, 0.2) is 0 Å². The monoisotopic (exact) mass is 350 g/mol. The van der Waals surface area contributed by atoms with Gasteiger partial charge in [-0.3, -0.25) is 0 Å². The van der Waals surface area contributed by atoms with Gasteiger partial charge in [-0.25, -0.2) is 4.98 Å². The maximum atomic E-state index is 8.88. The summed E-state index contributed by atoms with van der Waals surface area (Å²) in [5.74, 6) is 0.953. The Labute approximate surface area is 155 Å². The Morgan fingerprint density at radius 3 is 2.50 bits per heavy atom. The Bertz CT molecular complexity index is 718. The second-order valence-corrected chi connectivity index (χ2v) is 6.80. The summed E-state index contributed by atoms with van der Waals surface area (Å²) in [4.78, 5) is 6.69. The molecule has 2 aromatic rings. The predicted octanol–water partition coefficient (Wildman–Crippen LogP) is 3.29. The van der Waals surface area contributed by atoms with Crippen LogP contribution >= 0.6 is 0 Å². The summed E-state index contributed by atoms with van der Waals surface area (Å²) in [7, 11) is 1.77. The van der Waals surface area contributed by atoms with Gasteiger partial charge in [-0.05, 0) is 37.5 Å². The number of ether oxygens (including phenoxy) is 1. The van der Waals surface area contributed by atoms with E-state index in [1.807, 2.05) is 18.2 Å². The molecule has 0 spiro atoms. The molecule has 2 atom stereocenters. The number of rotatable bonds is 6. The Balaban J connectivity index is 1.53. The number of pyridine rings is 1. The molecule has 1 fully saturated rings. The molecule has 1 saturated heterocycles. The van der Waals surface area contributed by atoms with Crippen LogP contribution in [0.3, 0.4) is 0 Å². The lowest BCUT2D eigenvalue weighted by Gasteiger charge is -2.36. The quantitative estimate of drug-likeness (QED) is 0.866. The minimum atomic E-state index is 0.0504. The molecule has 1 N–H and O–H groups in total. The van der Waals surface area contributed by atoms with Crippen molar-refractivity contribution in [2.75, 3.05) is 25.1 Å². The van der Waals surface area contributed by atoms with Crippen molar-refractivity contribution in [1.29, 1.82) is 5.26 Å². The van der Waals surface area contributed by atoms with Crippen LogP contribution in [0.15, 0.2) is 48.7 Å². The van der Waals surface area contributed by atoms with E-state index in [0.29, 0.717) is 11.6 Å². The fraction of sp³-hybridized carbons (Fsp3) is 0.429. The third-order valence-electron chi connectivity index (χ3n) is 5.03. The highest BCUT2D eigenvalue weighted by Gasteiger charge is 2.25. The number of benzene rings is 1. The summed E-state index contributed by atoms with van der Waals surface area (Å²) in [5, 5.41) is 12.6. The van der Waals surface area contributed by atoms with Crippen molar-refractivity contribution >= 4 is 5.82 Å². The van der Waals surface area contributed by atoms with E-state index in [1.165, 1.54) is 5.56 Å². The second kappa shape index (κ2) is 8.79. The van der Waals surface area contributed by atoms with E-state index in [0.717, 1.165) is 31.7 Å². The lowest BCUT2D eigenvalue weighted by atomic mass is 9.99. The number of nitriles is 1. The normalized spacial score (nSPS) is 17.5. The van der Waals surface area contributed by atoms with Gasteiger partial charge in [-0.2, -0.15) is 5.26 Å². The molecule has 0 bridgehead atoms. The molecule has 2 heterocycles. The van der Waals surface area contributed by atoms with E-state index in [1.54, 1.807) is 13.3 Å². The molecule has 0 unspecified atom stereocenters. The van der Waals surface area contributed by atoms with Crippen LogP contribution in [-0.4, -0.2) is 37.3 Å². The summed E-state index contributed by atoms with van der Waals surface area (Å²) >= 11 is 0. The molecule has 1 aliphatic heterocycles. The molecule has 136 valence electrons. The minimum absolute atomic E-state index is 0.0504. The molecule has 0 aliphatic carbocycles. The number of hydrogen-bond donors (Lipinski definition) is 1. The van der Waals surface area contributed by atoms with E-state index in [-0.39, 0.29) is 12.1 Å². The van der Waals surface area contributed by atoms with Crippen molar-refractivity contribution in [3.8, 4) is 6.07 Å². The Morgan fingerprint density at radius 2 is 1.92 bits per heavy atom. The molecule has 5 heteroatoms. The highest BCUT2D eigenvalue weighted by molar-refractivity contribution is 5.42. The first-order chi connectivity index (χ1) is 12.7. The highest BCUT2D eigenvalue weighted by Crippen LogP contribution is 2.23. The second-order valence-electron chi connectivity index (χ2n) is 6.80. The fourth-order valence-electron chi connectivity index (χ4n) is 3.65. The van der Waals surface area contributed by atoms with Gasteiger partial charge < -0.3 is 15.0 Å². The molecule has 0 radical (unpaired) electrons. The van der Waals surface area contributed by atoms with E-state index >= 15 is 0 Å². The zero-order chi connectivity index (χ0) is 18.4. The Hall–Kier alpha value is -2.42. The van der Waals surface area contributed by atoms with Crippen molar-refractivity contribution in [1.82, 2.24) is 10.3 Å². The third-order valence-corrected chi connectivity index (χ3v) is 5.03. The average molecular weight is 350 g/mol. The van der Waals surface area contributed by atoms with Gasteiger partial charge in [0.1, 0.15) is 11.9 Å². The number of methoxy groups -OCH3 is 1. The van der Waals surface area contributed by atoms with Crippen LogP contribution in [0.1, 0.15) is 37.0 Å². The SMILES string of the molecule is CO[C@H](c1ccccc1)[C@@H](C)NC1CCN(c2ccc(C#N)cn2)CC1. The number of anilines is 1. The van der Waals surface area contributed by atoms with Gasteiger partial charge >= 0.3 is 0 Å². The molecule has 3 rings (SSSR count). The van der Waals surface area contributed by atoms with Gasteiger partial charge in [-0.15, -0.1) is 0 Å². The van der Waals surface area contributed by atoms with E-state index in [2.05, 4.69) is 52.5 Å². The van der Waals surface area contributed by atoms with Crippen LogP contribution in [0.5, 0.6) is 0 Å². The summed E-state index contributed by atoms with van der Waals surface area (Å²) in [6.07, 6.45) is 3.83. The van der Waals surface area contributed by atoms with Gasteiger partial charge in [0, 0.05) is 38.5 Å². The molecular weight excluding hydrogens is 324 g/mol. The number of piperidine rings is 1. The number of aromatic nitrogens is 1. The topological polar surface area (TPSA) is 61.2 Å². The van der Waals surface area contributed by atoms with Crippen molar-refractivity contribution in [2.45, 2.75) is 38.0 Å². The Morgan fingerprint density at radius 1 is 1.19 bits per heavy atom. The first-order valence-corrected chi connectivity index (χ1v) is 9.16. The van der Waals surface area contributed by atoms with Gasteiger partial charge in [-0.1, -0.05) is 30.3 Å². The van der Waals surface area contributed by atoms with Crippen LogP contribution in [0.2, 0.25) is 0 Å². The van der Waals surface area contributed by atoms with Crippen LogP contribution in [0, 0.1) is 11.3 Å². The molecule has 0 amide bonds. The average Bonchev–Trinajstić information content (AvgIpc) is 2.70. The smallest absolute Gasteiger partial charge is 0.128 e. The maximum Gasteiger partial charge on any atom is 0.128 e. The van der Waals surface area contributed by atoms with Crippen LogP contribution in [0.25, 0.3) is 0 Å². The maximum absolute atomic E-state index is 8.88. The lowest BCUT2D eigenvalue weighted by molar-refractivity contribution is 0.0680.